The lowest BCUT2D eigenvalue weighted by molar-refractivity contribution is 0.341. The van der Waals surface area contributed by atoms with Gasteiger partial charge in [-0.2, -0.15) is 0 Å². The second-order valence-electron chi connectivity index (χ2n) is 5.40. The zero-order chi connectivity index (χ0) is 14.8. The topological polar surface area (TPSA) is 18.5 Å². The van der Waals surface area contributed by atoms with Crippen LogP contribution in [0.1, 0.15) is 29.4 Å². The molecule has 3 atom stereocenters. The van der Waals surface area contributed by atoms with Gasteiger partial charge in [-0.3, -0.25) is 0 Å². The van der Waals surface area contributed by atoms with Gasteiger partial charge in [-0.05, 0) is 29.5 Å². The highest BCUT2D eigenvalue weighted by Gasteiger charge is 2.42. The van der Waals surface area contributed by atoms with Crippen molar-refractivity contribution >= 4 is 15.9 Å². The summed E-state index contributed by atoms with van der Waals surface area (Å²) in [6, 6.07) is 16.8. The molecule has 1 aliphatic rings. The zero-order valence-electron chi connectivity index (χ0n) is 12.3. The van der Waals surface area contributed by atoms with Crippen LogP contribution in [0.15, 0.2) is 48.5 Å². The molecule has 0 radical (unpaired) electrons. The van der Waals surface area contributed by atoms with Crippen LogP contribution in [0.25, 0.3) is 0 Å². The molecule has 1 fully saturated rings. The third kappa shape index (κ3) is 2.67. The van der Waals surface area contributed by atoms with Crippen LogP contribution < -0.4 is 9.47 Å². The predicted octanol–water partition coefficient (Wildman–Crippen LogP) is 4.74. The molecule has 3 rings (SSSR count). The van der Waals surface area contributed by atoms with Crippen LogP contribution in [0.5, 0.6) is 11.5 Å². The minimum Gasteiger partial charge on any atom is -0.497 e. The number of alkyl halides is 1. The van der Waals surface area contributed by atoms with E-state index in [1.165, 1.54) is 11.1 Å². The van der Waals surface area contributed by atoms with Crippen LogP contribution in [-0.2, 0) is 0 Å². The lowest BCUT2D eigenvalue weighted by atomic mass is 9.66. The zero-order valence-corrected chi connectivity index (χ0v) is 13.8. The van der Waals surface area contributed by atoms with Gasteiger partial charge in [-0.15, -0.1) is 0 Å². The van der Waals surface area contributed by atoms with Crippen molar-refractivity contribution in [3.63, 3.8) is 0 Å². The van der Waals surface area contributed by atoms with Crippen molar-refractivity contribution in [3.8, 4) is 11.5 Å². The largest absolute Gasteiger partial charge is 0.497 e. The summed E-state index contributed by atoms with van der Waals surface area (Å²) in [5, 5.41) is 0. The fourth-order valence-corrected chi connectivity index (χ4v) is 4.20. The predicted molar refractivity (Wildman–Crippen MR) is 88.8 cm³/mol. The molecule has 0 N–H and O–H groups in total. The quantitative estimate of drug-likeness (QED) is 0.744. The average molecular weight is 347 g/mol. The molecule has 0 amide bonds. The Balaban J connectivity index is 1.95. The van der Waals surface area contributed by atoms with E-state index in [1.807, 2.05) is 12.1 Å². The number of hydrogen-bond donors (Lipinski definition) is 0. The van der Waals surface area contributed by atoms with Crippen LogP contribution >= 0.6 is 15.9 Å². The number of halogens is 1. The first kappa shape index (κ1) is 14.5. The van der Waals surface area contributed by atoms with Crippen LogP contribution in [0, 0.1) is 0 Å². The van der Waals surface area contributed by atoms with Gasteiger partial charge < -0.3 is 9.47 Å². The second-order valence-corrected chi connectivity index (χ2v) is 6.58. The number of hydrogen-bond acceptors (Lipinski definition) is 2. The summed E-state index contributed by atoms with van der Waals surface area (Å²) >= 11 is 3.81. The molecule has 1 saturated carbocycles. The fraction of sp³-hybridized carbons (Fsp3) is 0.333. The number of rotatable bonds is 4. The van der Waals surface area contributed by atoms with E-state index in [9.17, 15) is 0 Å². The SMILES string of the molecule is COc1ccc([C@H]2[C@H](Br)C[C@@H]2c2ccccc2)c(OC)c1. The first-order valence-electron chi connectivity index (χ1n) is 7.15. The minimum atomic E-state index is 0.438. The van der Waals surface area contributed by atoms with Crippen molar-refractivity contribution in [2.75, 3.05) is 14.2 Å². The van der Waals surface area contributed by atoms with Gasteiger partial charge in [0.1, 0.15) is 11.5 Å². The van der Waals surface area contributed by atoms with Gasteiger partial charge in [0, 0.05) is 16.8 Å². The summed E-state index contributed by atoms with van der Waals surface area (Å²) in [4.78, 5) is 0.491. The molecule has 2 aromatic rings. The first-order chi connectivity index (χ1) is 10.2. The van der Waals surface area contributed by atoms with Crippen molar-refractivity contribution in [3.05, 3.63) is 59.7 Å². The molecule has 0 bridgehead atoms. The molecule has 1 aliphatic carbocycles. The maximum atomic E-state index is 5.58. The van der Waals surface area contributed by atoms with E-state index in [0.29, 0.717) is 16.7 Å². The summed E-state index contributed by atoms with van der Waals surface area (Å²) in [6.07, 6.45) is 1.16. The van der Waals surface area contributed by atoms with Crippen molar-refractivity contribution < 1.29 is 9.47 Å². The Hall–Kier alpha value is -1.48. The maximum absolute atomic E-state index is 5.58. The Kier molecular flexibility index (Phi) is 4.20. The number of ether oxygens (including phenoxy) is 2. The lowest BCUT2D eigenvalue weighted by Gasteiger charge is -2.43. The van der Waals surface area contributed by atoms with Crippen molar-refractivity contribution in [1.29, 1.82) is 0 Å². The molecule has 0 saturated heterocycles. The summed E-state index contributed by atoms with van der Waals surface area (Å²) < 4.78 is 10.9. The van der Waals surface area contributed by atoms with Crippen LogP contribution in [0.4, 0.5) is 0 Å². The van der Waals surface area contributed by atoms with Crippen LogP contribution in [0.2, 0.25) is 0 Å². The molecule has 0 aromatic heterocycles. The third-order valence-corrected chi connectivity index (χ3v) is 5.27. The maximum Gasteiger partial charge on any atom is 0.126 e. The Morgan fingerprint density at radius 2 is 1.76 bits per heavy atom. The molecule has 0 unspecified atom stereocenters. The highest BCUT2D eigenvalue weighted by Crippen LogP contribution is 2.54. The number of methoxy groups -OCH3 is 2. The standard InChI is InChI=1S/C18H19BrO2/c1-20-13-8-9-14(17(10-13)21-2)18-15(11-16(18)19)12-6-4-3-5-7-12/h3-10,15-16,18H,11H2,1-2H3/t15-,16-,18-/m1/s1. The van der Waals surface area contributed by atoms with Gasteiger partial charge in [0.2, 0.25) is 0 Å². The Bertz CT molecular complexity index is 612. The molecule has 2 aromatic carbocycles. The molecule has 0 aliphatic heterocycles. The van der Waals surface area contributed by atoms with E-state index >= 15 is 0 Å². The van der Waals surface area contributed by atoms with Gasteiger partial charge in [0.15, 0.2) is 0 Å². The highest BCUT2D eigenvalue weighted by molar-refractivity contribution is 9.09. The van der Waals surface area contributed by atoms with Crippen LogP contribution in [0.3, 0.4) is 0 Å². The summed E-state index contributed by atoms with van der Waals surface area (Å²) in [5.74, 6) is 2.72. The van der Waals surface area contributed by atoms with E-state index < -0.39 is 0 Å². The van der Waals surface area contributed by atoms with E-state index in [4.69, 9.17) is 9.47 Å². The van der Waals surface area contributed by atoms with Crippen molar-refractivity contribution in [2.45, 2.75) is 23.1 Å². The Morgan fingerprint density at radius 1 is 1.00 bits per heavy atom. The molecule has 21 heavy (non-hydrogen) atoms. The Morgan fingerprint density at radius 3 is 2.38 bits per heavy atom. The van der Waals surface area contributed by atoms with Gasteiger partial charge in [-0.25, -0.2) is 0 Å². The van der Waals surface area contributed by atoms with E-state index in [1.54, 1.807) is 14.2 Å². The smallest absolute Gasteiger partial charge is 0.126 e. The monoisotopic (exact) mass is 346 g/mol. The fourth-order valence-electron chi connectivity index (χ4n) is 3.14. The molecule has 3 heteroatoms. The second kappa shape index (κ2) is 6.10. The molecular formula is C18H19BrO2. The molecular weight excluding hydrogens is 328 g/mol. The number of benzene rings is 2. The third-order valence-electron chi connectivity index (χ3n) is 4.33. The molecule has 0 heterocycles. The molecule has 2 nitrogen and oxygen atoms in total. The van der Waals surface area contributed by atoms with Gasteiger partial charge >= 0.3 is 0 Å². The highest BCUT2D eigenvalue weighted by atomic mass is 79.9. The summed E-state index contributed by atoms with van der Waals surface area (Å²) in [6.45, 7) is 0. The van der Waals surface area contributed by atoms with Gasteiger partial charge in [0.25, 0.3) is 0 Å². The van der Waals surface area contributed by atoms with Gasteiger partial charge in [0.05, 0.1) is 14.2 Å². The summed E-state index contributed by atoms with van der Waals surface area (Å²) in [7, 11) is 3.40. The normalized spacial score (nSPS) is 24.2. The van der Waals surface area contributed by atoms with Crippen molar-refractivity contribution in [1.82, 2.24) is 0 Å². The van der Waals surface area contributed by atoms with E-state index in [2.05, 4.69) is 52.3 Å². The summed E-state index contributed by atoms with van der Waals surface area (Å²) in [5.41, 5.74) is 2.65. The molecule has 0 spiro atoms. The Labute approximate surface area is 134 Å². The van der Waals surface area contributed by atoms with Gasteiger partial charge in [-0.1, -0.05) is 52.3 Å². The van der Waals surface area contributed by atoms with Crippen molar-refractivity contribution in [2.24, 2.45) is 0 Å². The minimum absolute atomic E-state index is 0.438. The average Bonchev–Trinajstić information content (AvgIpc) is 2.53. The van der Waals surface area contributed by atoms with E-state index in [-0.39, 0.29) is 0 Å². The molecule has 110 valence electrons. The van der Waals surface area contributed by atoms with Crippen LogP contribution in [-0.4, -0.2) is 19.0 Å². The van der Waals surface area contributed by atoms with E-state index in [0.717, 1.165) is 17.9 Å². The lowest BCUT2D eigenvalue weighted by Crippen LogP contribution is -2.33. The first-order valence-corrected chi connectivity index (χ1v) is 8.07.